The zero-order chi connectivity index (χ0) is 41.6. The Morgan fingerprint density at radius 3 is 2.43 bits per heavy atom. The van der Waals surface area contributed by atoms with E-state index in [1.54, 1.807) is 13.3 Å². The van der Waals surface area contributed by atoms with Crippen molar-refractivity contribution in [1.29, 1.82) is 0 Å². The number of anilines is 1. The predicted octanol–water partition coefficient (Wildman–Crippen LogP) is 6.96. The first-order valence-electron chi connectivity index (χ1n) is 20.5. The second-order valence-electron chi connectivity index (χ2n) is 16.5. The number of carbonyl (C=O) groups is 1. The van der Waals surface area contributed by atoms with Crippen molar-refractivity contribution in [1.82, 2.24) is 24.8 Å². The first-order chi connectivity index (χ1) is 29.1. The third-order valence-electron chi connectivity index (χ3n) is 12.9. The second kappa shape index (κ2) is 15.8. The van der Waals surface area contributed by atoms with Gasteiger partial charge in [-0.05, 0) is 59.5 Å². The number of methoxy groups -OCH3 is 1. The van der Waals surface area contributed by atoms with Crippen molar-refractivity contribution in [2.24, 2.45) is 5.92 Å². The first kappa shape index (κ1) is 39.3. The summed E-state index contributed by atoms with van der Waals surface area (Å²) in [5.74, 6) is 0.238. The molecule has 0 bridgehead atoms. The molecule has 1 fully saturated rings. The molecule has 9 rings (SSSR count). The van der Waals surface area contributed by atoms with E-state index in [9.17, 15) is 9.90 Å². The molecule has 2 aliphatic heterocycles. The van der Waals surface area contributed by atoms with Crippen molar-refractivity contribution in [3.05, 3.63) is 173 Å². The van der Waals surface area contributed by atoms with Crippen molar-refractivity contribution < 1.29 is 19.4 Å². The molecule has 304 valence electrons. The van der Waals surface area contributed by atoms with Gasteiger partial charge in [0.1, 0.15) is 5.75 Å². The molecule has 1 unspecified atom stereocenters. The molecule has 7 aromatic rings. The normalized spacial score (nSPS) is 20.5. The Morgan fingerprint density at radius 2 is 1.65 bits per heavy atom. The minimum atomic E-state index is -2.39. The molecule has 1 amide bonds. The standard InChI is InChI=1S/C48H48N6O5Si/c1-32-45(60(3,4)38-23-21-37(58-2)22-24-38)44(25-26-52-30-42(50-51-52)40(31-55)34-14-6-5-7-15-34)59-48(32)41-19-10-11-20-43(41)53(47(48)57)29-33-13-12-17-36(27-33)54-46(56)39-18-9-8-16-35(39)28-49-54/h5-24,27-28,30,32,40,44-45,55H,25-26,29,31H2,1-4H3/t32-,40?,44+,45-,48+/m0/s1. The van der Waals surface area contributed by atoms with Crippen molar-refractivity contribution in [2.75, 3.05) is 18.6 Å². The summed E-state index contributed by atoms with van der Waals surface area (Å²) in [5, 5.41) is 26.4. The lowest BCUT2D eigenvalue weighted by Crippen LogP contribution is -2.51. The average Bonchev–Trinajstić information content (AvgIpc) is 3.94. The molecule has 60 heavy (non-hydrogen) atoms. The van der Waals surface area contributed by atoms with Gasteiger partial charge < -0.3 is 19.5 Å². The summed E-state index contributed by atoms with van der Waals surface area (Å²) in [6.07, 6.45) is 3.93. The first-order valence-corrected chi connectivity index (χ1v) is 23.6. The number of aliphatic hydroxyl groups is 1. The van der Waals surface area contributed by atoms with Crippen LogP contribution in [0.5, 0.6) is 5.75 Å². The summed E-state index contributed by atoms with van der Waals surface area (Å²) in [5.41, 5.74) is 3.47. The summed E-state index contributed by atoms with van der Waals surface area (Å²) in [7, 11) is -0.714. The van der Waals surface area contributed by atoms with Gasteiger partial charge in [0.05, 0.1) is 69.0 Å². The maximum atomic E-state index is 15.4. The lowest BCUT2D eigenvalue weighted by atomic mass is 9.82. The minimum absolute atomic E-state index is 0.0366. The summed E-state index contributed by atoms with van der Waals surface area (Å²) < 4.78 is 16.1. The van der Waals surface area contributed by atoms with Crippen LogP contribution in [0.4, 0.5) is 5.69 Å². The van der Waals surface area contributed by atoms with E-state index in [0.717, 1.165) is 33.5 Å². The highest BCUT2D eigenvalue weighted by molar-refractivity contribution is 6.91. The topological polar surface area (TPSA) is 125 Å². The van der Waals surface area contributed by atoms with Gasteiger partial charge in [0.2, 0.25) is 0 Å². The van der Waals surface area contributed by atoms with Crippen LogP contribution in [0.3, 0.4) is 0 Å². The molecule has 11 nitrogen and oxygen atoms in total. The number of aryl methyl sites for hydroxylation is 1. The van der Waals surface area contributed by atoms with Crippen LogP contribution in [-0.2, 0) is 28.2 Å². The van der Waals surface area contributed by atoms with Gasteiger partial charge >= 0.3 is 0 Å². The number of hydrogen-bond donors (Lipinski definition) is 1. The van der Waals surface area contributed by atoms with E-state index in [-0.39, 0.29) is 48.1 Å². The van der Waals surface area contributed by atoms with Gasteiger partial charge in [0.15, 0.2) is 5.60 Å². The van der Waals surface area contributed by atoms with Crippen LogP contribution in [0.1, 0.15) is 41.6 Å². The van der Waals surface area contributed by atoms with Crippen LogP contribution in [0.2, 0.25) is 18.6 Å². The van der Waals surface area contributed by atoms with Crippen LogP contribution >= 0.6 is 0 Å². The quantitative estimate of drug-likeness (QED) is 0.131. The highest BCUT2D eigenvalue weighted by Gasteiger charge is 2.66. The van der Waals surface area contributed by atoms with E-state index in [0.29, 0.717) is 29.7 Å². The van der Waals surface area contributed by atoms with E-state index < -0.39 is 13.7 Å². The van der Waals surface area contributed by atoms with E-state index in [1.165, 1.54) is 9.87 Å². The van der Waals surface area contributed by atoms with Crippen molar-refractivity contribution in [3.63, 3.8) is 0 Å². The van der Waals surface area contributed by atoms with Crippen LogP contribution in [0.25, 0.3) is 16.5 Å². The lowest BCUT2D eigenvalue weighted by Gasteiger charge is -2.37. The summed E-state index contributed by atoms with van der Waals surface area (Å²) >= 11 is 0. The van der Waals surface area contributed by atoms with Gasteiger partial charge in [-0.15, -0.1) is 5.10 Å². The molecule has 0 aliphatic carbocycles. The van der Waals surface area contributed by atoms with Crippen molar-refractivity contribution >= 4 is 35.6 Å². The van der Waals surface area contributed by atoms with E-state index in [1.807, 2.05) is 131 Å². The van der Waals surface area contributed by atoms with E-state index >= 15 is 4.79 Å². The zero-order valence-corrected chi connectivity index (χ0v) is 35.2. The van der Waals surface area contributed by atoms with Gasteiger partial charge in [-0.2, -0.15) is 9.78 Å². The van der Waals surface area contributed by atoms with Crippen molar-refractivity contribution in [3.8, 4) is 11.4 Å². The van der Waals surface area contributed by atoms with E-state index in [2.05, 4.69) is 47.6 Å². The molecule has 5 aromatic carbocycles. The number of carbonyl (C=O) groups excluding carboxylic acids is 1. The monoisotopic (exact) mass is 816 g/mol. The number of amides is 1. The molecule has 1 N–H and O–H groups in total. The molecule has 12 heteroatoms. The number of aliphatic hydroxyl groups excluding tert-OH is 1. The number of nitrogens with zero attached hydrogens (tertiary/aromatic N) is 6. The maximum absolute atomic E-state index is 15.4. The third kappa shape index (κ3) is 6.64. The number of rotatable bonds is 12. The SMILES string of the molecule is COc1ccc([Si](C)(C)[C@@H]2[C@@H](CCn3cc(C(CO)c4ccccc4)nn3)O[C@]3(C(=O)N(Cc4cccc(-n5ncc6ccccc6c5=O)c4)c4ccccc43)[C@H]2C)cc1. The zero-order valence-electron chi connectivity index (χ0n) is 34.2. The van der Waals surface area contributed by atoms with Crippen LogP contribution in [0, 0.1) is 5.92 Å². The summed E-state index contributed by atoms with van der Waals surface area (Å²) in [6, 6.07) is 41.3. The molecular formula is C48H48N6O5Si. The highest BCUT2D eigenvalue weighted by atomic mass is 28.3. The van der Waals surface area contributed by atoms with Crippen LogP contribution in [0.15, 0.2) is 145 Å². The number of hydrogen-bond acceptors (Lipinski definition) is 8. The predicted molar refractivity (Wildman–Crippen MR) is 235 cm³/mol. The molecule has 4 heterocycles. The number of fused-ring (bicyclic) bond motifs is 3. The number of benzene rings is 5. The fourth-order valence-electron chi connectivity index (χ4n) is 9.84. The van der Waals surface area contributed by atoms with Gasteiger partial charge in [-0.3, -0.25) is 14.3 Å². The maximum Gasteiger partial charge on any atom is 0.279 e. The van der Waals surface area contributed by atoms with Gasteiger partial charge in [0.25, 0.3) is 11.5 Å². The van der Waals surface area contributed by atoms with Gasteiger partial charge in [-0.1, -0.05) is 121 Å². The largest absolute Gasteiger partial charge is 0.497 e. The minimum Gasteiger partial charge on any atom is -0.497 e. The molecule has 0 saturated carbocycles. The number of para-hydroxylation sites is 1. The number of ether oxygens (including phenoxy) is 2. The average molecular weight is 817 g/mol. The molecule has 1 spiro atoms. The number of aromatic nitrogens is 5. The Balaban J connectivity index is 1.05. The summed E-state index contributed by atoms with van der Waals surface area (Å²) in [6.45, 7) is 7.67. The van der Waals surface area contributed by atoms with Crippen LogP contribution < -0.4 is 20.4 Å². The highest BCUT2D eigenvalue weighted by Crippen LogP contribution is 2.60. The Kier molecular flexibility index (Phi) is 10.3. The van der Waals surface area contributed by atoms with Crippen LogP contribution in [-0.4, -0.2) is 63.7 Å². The van der Waals surface area contributed by atoms with Gasteiger partial charge in [-0.25, -0.2) is 0 Å². The molecule has 5 atom stereocenters. The third-order valence-corrected chi connectivity index (χ3v) is 17.2. The molecule has 0 radical (unpaired) electrons. The van der Waals surface area contributed by atoms with Gasteiger partial charge in [0, 0.05) is 29.6 Å². The van der Waals surface area contributed by atoms with E-state index in [4.69, 9.17) is 9.47 Å². The molecular weight excluding hydrogens is 769 g/mol. The summed E-state index contributed by atoms with van der Waals surface area (Å²) in [4.78, 5) is 30.8. The Morgan fingerprint density at radius 1 is 0.900 bits per heavy atom. The fourth-order valence-corrected chi connectivity index (χ4v) is 13.9. The second-order valence-corrected chi connectivity index (χ2v) is 21.2. The lowest BCUT2D eigenvalue weighted by molar-refractivity contribution is -0.146. The molecule has 2 aromatic heterocycles. The Bertz CT molecular complexity index is 2740. The smallest absolute Gasteiger partial charge is 0.279 e. The molecule has 1 saturated heterocycles. The fraction of sp³-hybridized carbons (Fsp3) is 0.271. The molecule has 2 aliphatic rings. The van der Waals surface area contributed by atoms with Crippen molar-refractivity contribution in [2.45, 2.75) is 62.7 Å². The Labute approximate surface area is 349 Å². The Hall–Kier alpha value is -6.21.